The van der Waals surface area contributed by atoms with Crippen LogP contribution >= 0.6 is 0 Å². The van der Waals surface area contributed by atoms with Gasteiger partial charge in [-0.3, -0.25) is 9.59 Å². The number of aliphatic carboxylic acids is 1. The van der Waals surface area contributed by atoms with Crippen molar-refractivity contribution < 1.29 is 28.6 Å². The molecule has 176 valence electrons. The predicted octanol–water partition coefficient (Wildman–Crippen LogP) is 4.56. The molecule has 1 heterocycles. The zero-order chi connectivity index (χ0) is 24.1. The Morgan fingerprint density at radius 1 is 1.03 bits per heavy atom. The molecular formula is C27H26FNO5. The first kappa shape index (κ1) is 23.3. The molecule has 0 aromatic heterocycles. The van der Waals surface area contributed by atoms with Crippen LogP contribution in [0.2, 0.25) is 0 Å². The van der Waals surface area contributed by atoms with Gasteiger partial charge in [0.05, 0.1) is 19.2 Å². The van der Waals surface area contributed by atoms with Crippen LogP contribution in [0.15, 0.2) is 60.7 Å². The Labute approximate surface area is 197 Å². The molecule has 3 aromatic carbocycles. The highest BCUT2D eigenvalue weighted by Crippen LogP contribution is 2.33. The second-order valence-corrected chi connectivity index (χ2v) is 8.18. The molecule has 4 rings (SSSR count). The second-order valence-electron chi connectivity index (χ2n) is 8.18. The van der Waals surface area contributed by atoms with E-state index >= 15 is 0 Å². The van der Waals surface area contributed by atoms with E-state index < -0.39 is 11.8 Å². The molecule has 0 saturated carbocycles. The number of para-hydroxylation sites is 1. The summed E-state index contributed by atoms with van der Waals surface area (Å²) in [6.07, 6.45) is 1.01. The van der Waals surface area contributed by atoms with E-state index in [2.05, 4.69) is 0 Å². The third kappa shape index (κ3) is 5.36. The molecule has 3 aromatic rings. The van der Waals surface area contributed by atoms with Gasteiger partial charge in [0.1, 0.15) is 23.9 Å². The van der Waals surface area contributed by atoms with Crippen LogP contribution < -0.4 is 14.4 Å². The van der Waals surface area contributed by atoms with E-state index in [1.54, 1.807) is 24.1 Å². The quantitative estimate of drug-likeness (QED) is 0.503. The minimum atomic E-state index is -0.969. The fourth-order valence-corrected chi connectivity index (χ4v) is 4.18. The predicted molar refractivity (Wildman–Crippen MR) is 126 cm³/mol. The number of anilines is 1. The van der Waals surface area contributed by atoms with Gasteiger partial charge in [-0.05, 0) is 47.7 Å². The number of benzene rings is 3. The molecule has 0 atom stereocenters. The van der Waals surface area contributed by atoms with E-state index in [4.69, 9.17) is 14.6 Å². The van der Waals surface area contributed by atoms with Gasteiger partial charge in [0.15, 0.2) is 0 Å². The van der Waals surface area contributed by atoms with E-state index in [0.29, 0.717) is 23.6 Å². The van der Waals surface area contributed by atoms with Crippen LogP contribution in [0.1, 0.15) is 28.7 Å². The standard InChI is InChI=1S/C27H26FNO5/c1-33-22-7-2-4-18(14-22)15-25(30)29-13-12-20-5-3-6-21(27(20)29)17-34-23-10-8-19(24(28)16-23)9-11-26(31)32/h2-8,10,14,16H,9,11-13,15,17H2,1H3,(H,31,32). The van der Waals surface area contributed by atoms with Gasteiger partial charge in [0.2, 0.25) is 5.91 Å². The topological polar surface area (TPSA) is 76.1 Å². The Bertz CT molecular complexity index is 1210. The summed E-state index contributed by atoms with van der Waals surface area (Å²) in [5.41, 5.74) is 4.00. The van der Waals surface area contributed by atoms with Crippen LogP contribution in [0, 0.1) is 5.82 Å². The first-order valence-electron chi connectivity index (χ1n) is 11.1. The molecule has 1 amide bonds. The SMILES string of the molecule is COc1cccc(CC(=O)N2CCc3cccc(COc4ccc(CCC(=O)O)c(F)c4)c32)c1. The van der Waals surface area contributed by atoms with Gasteiger partial charge in [0.25, 0.3) is 0 Å². The van der Waals surface area contributed by atoms with Crippen molar-refractivity contribution >= 4 is 17.6 Å². The number of fused-ring (bicyclic) bond motifs is 1. The second kappa shape index (κ2) is 10.4. The van der Waals surface area contributed by atoms with E-state index in [0.717, 1.165) is 28.8 Å². The zero-order valence-corrected chi connectivity index (χ0v) is 18.9. The van der Waals surface area contributed by atoms with E-state index in [9.17, 15) is 14.0 Å². The van der Waals surface area contributed by atoms with E-state index in [1.165, 1.54) is 6.07 Å². The number of carbonyl (C=O) groups excluding carboxylic acids is 1. The molecule has 0 spiro atoms. The minimum Gasteiger partial charge on any atom is -0.497 e. The summed E-state index contributed by atoms with van der Waals surface area (Å²) < 4.78 is 25.4. The average Bonchev–Trinajstić information content (AvgIpc) is 3.27. The first-order chi connectivity index (χ1) is 16.4. The summed E-state index contributed by atoms with van der Waals surface area (Å²) in [4.78, 5) is 25.7. The smallest absolute Gasteiger partial charge is 0.303 e. The zero-order valence-electron chi connectivity index (χ0n) is 18.9. The van der Waals surface area contributed by atoms with Crippen molar-refractivity contribution in [3.05, 3.63) is 88.7 Å². The number of carboxylic acid groups (broad SMARTS) is 1. The van der Waals surface area contributed by atoms with Crippen LogP contribution in [0.25, 0.3) is 0 Å². The molecule has 6 nitrogen and oxygen atoms in total. The van der Waals surface area contributed by atoms with Crippen molar-refractivity contribution in [3.8, 4) is 11.5 Å². The summed E-state index contributed by atoms with van der Waals surface area (Å²) in [5.74, 6) is -0.410. The number of nitrogens with zero attached hydrogens (tertiary/aromatic N) is 1. The summed E-state index contributed by atoms with van der Waals surface area (Å²) in [6.45, 7) is 0.780. The Balaban J connectivity index is 1.47. The largest absolute Gasteiger partial charge is 0.497 e. The van der Waals surface area contributed by atoms with Gasteiger partial charge in [-0.1, -0.05) is 36.4 Å². The lowest BCUT2D eigenvalue weighted by atomic mass is 10.1. The molecule has 0 fully saturated rings. The normalized spacial score (nSPS) is 12.4. The highest BCUT2D eigenvalue weighted by Gasteiger charge is 2.27. The Hall–Kier alpha value is -3.87. The maximum Gasteiger partial charge on any atom is 0.303 e. The highest BCUT2D eigenvalue weighted by atomic mass is 19.1. The van der Waals surface area contributed by atoms with Crippen molar-refractivity contribution in [1.82, 2.24) is 0 Å². The average molecular weight is 464 g/mol. The minimum absolute atomic E-state index is 0.00622. The lowest BCUT2D eigenvalue weighted by molar-refractivity contribution is -0.137. The van der Waals surface area contributed by atoms with Crippen LogP contribution in [-0.2, 0) is 35.5 Å². The molecule has 34 heavy (non-hydrogen) atoms. The Morgan fingerprint density at radius 2 is 1.85 bits per heavy atom. The van der Waals surface area contributed by atoms with Crippen LogP contribution in [0.3, 0.4) is 0 Å². The number of methoxy groups -OCH3 is 1. The molecule has 0 aliphatic carbocycles. The van der Waals surface area contributed by atoms with E-state index in [-0.39, 0.29) is 31.8 Å². The molecule has 0 radical (unpaired) electrons. The van der Waals surface area contributed by atoms with Crippen LogP contribution in [0.5, 0.6) is 11.5 Å². The third-order valence-electron chi connectivity index (χ3n) is 5.90. The fourth-order valence-electron chi connectivity index (χ4n) is 4.18. The number of carbonyl (C=O) groups is 2. The summed E-state index contributed by atoms with van der Waals surface area (Å²) >= 11 is 0. The van der Waals surface area contributed by atoms with Crippen molar-refractivity contribution in [2.45, 2.75) is 32.3 Å². The summed E-state index contributed by atoms with van der Waals surface area (Å²) in [6, 6.07) is 17.8. The molecule has 1 N–H and O–H groups in total. The Kier molecular flexibility index (Phi) is 7.11. The molecule has 1 aliphatic heterocycles. The maximum absolute atomic E-state index is 14.3. The number of halogens is 1. The van der Waals surface area contributed by atoms with Gasteiger partial charge < -0.3 is 19.5 Å². The van der Waals surface area contributed by atoms with Gasteiger partial charge in [-0.15, -0.1) is 0 Å². The van der Waals surface area contributed by atoms with Crippen LogP contribution in [0.4, 0.5) is 10.1 Å². The third-order valence-corrected chi connectivity index (χ3v) is 5.90. The van der Waals surface area contributed by atoms with Gasteiger partial charge in [-0.2, -0.15) is 0 Å². The van der Waals surface area contributed by atoms with Crippen molar-refractivity contribution in [3.63, 3.8) is 0 Å². The Morgan fingerprint density at radius 3 is 2.62 bits per heavy atom. The lowest BCUT2D eigenvalue weighted by Crippen LogP contribution is -2.31. The number of hydrogen-bond acceptors (Lipinski definition) is 4. The number of ether oxygens (including phenoxy) is 2. The van der Waals surface area contributed by atoms with Crippen molar-refractivity contribution in [2.75, 3.05) is 18.6 Å². The van der Waals surface area contributed by atoms with Crippen LogP contribution in [-0.4, -0.2) is 30.6 Å². The number of aryl methyl sites for hydroxylation is 1. The summed E-state index contributed by atoms with van der Waals surface area (Å²) in [7, 11) is 1.60. The molecule has 1 aliphatic rings. The lowest BCUT2D eigenvalue weighted by Gasteiger charge is -2.21. The van der Waals surface area contributed by atoms with Gasteiger partial charge in [0, 0.05) is 24.6 Å². The summed E-state index contributed by atoms with van der Waals surface area (Å²) in [5, 5.41) is 8.79. The van der Waals surface area contributed by atoms with Gasteiger partial charge in [-0.25, -0.2) is 4.39 Å². The molecule has 7 heteroatoms. The monoisotopic (exact) mass is 463 g/mol. The fraction of sp³-hybridized carbons (Fsp3) is 0.259. The number of carboxylic acids is 1. The van der Waals surface area contributed by atoms with Crippen molar-refractivity contribution in [1.29, 1.82) is 0 Å². The highest BCUT2D eigenvalue weighted by molar-refractivity contribution is 5.97. The molecule has 0 unspecified atom stereocenters. The van der Waals surface area contributed by atoms with Crippen molar-refractivity contribution in [2.24, 2.45) is 0 Å². The number of amides is 1. The number of rotatable bonds is 9. The molecular weight excluding hydrogens is 437 g/mol. The molecule has 0 saturated heterocycles. The number of hydrogen-bond donors (Lipinski definition) is 1. The van der Waals surface area contributed by atoms with E-state index in [1.807, 2.05) is 42.5 Å². The molecule has 0 bridgehead atoms. The first-order valence-corrected chi connectivity index (χ1v) is 11.1. The van der Waals surface area contributed by atoms with Gasteiger partial charge >= 0.3 is 5.97 Å². The maximum atomic E-state index is 14.3.